The third kappa shape index (κ3) is 4.35. The zero-order chi connectivity index (χ0) is 16.2. The number of halogens is 3. The minimum atomic E-state index is -4.60. The van der Waals surface area contributed by atoms with Crippen LogP contribution in [-0.4, -0.2) is 19.1 Å². The van der Waals surface area contributed by atoms with Crippen molar-refractivity contribution < 1.29 is 22.7 Å². The van der Waals surface area contributed by atoms with E-state index < -0.39 is 23.7 Å². The molecule has 3 N–H and O–H groups in total. The molecule has 118 valence electrons. The number of rotatable bonds is 5. The maximum Gasteiger partial charge on any atom is 0.418 e. The van der Waals surface area contributed by atoms with E-state index in [1.165, 1.54) is 13.2 Å². The van der Waals surface area contributed by atoms with Crippen molar-refractivity contribution in [1.82, 2.24) is 0 Å². The molecular weight excluding hydrogens is 285 g/mol. The highest BCUT2D eigenvalue weighted by Crippen LogP contribution is 2.37. The van der Waals surface area contributed by atoms with Crippen LogP contribution in [0.25, 0.3) is 0 Å². The lowest BCUT2D eigenvalue weighted by molar-refractivity contribution is -0.137. The van der Waals surface area contributed by atoms with Crippen molar-refractivity contribution in [3.05, 3.63) is 23.8 Å². The molecule has 0 aliphatic rings. The molecule has 7 heteroatoms. The molecule has 1 amide bonds. The van der Waals surface area contributed by atoms with Crippen molar-refractivity contribution in [2.24, 2.45) is 11.7 Å². The number of alkyl halides is 3. The van der Waals surface area contributed by atoms with Crippen molar-refractivity contribution in [2.45, 2.75) is 32.5 Å². The van der Waals surface area contributed by atoms with Gasteiger partial charge in [0.2, 0.25) is 5.91 Å². The fourth-order valence-electron chi connectivity index (χ4n) is 1.72. The molecule has 1 aromatic carbocycles. The lowest BCUT2D eigenvalue weighted by atomic mass is 9.99. The number of carbonyl (C=O) groups excluding carboxylic acids is 1. The van der Waals surface area contributed by atoms with Gasteiger partial charge in [0, 0.05) is 0 Å². The summed E-state index contributed by atoms with van der Waals surface area (Å²) < 4.78 is 43.8. The third-order valence-corrected chi connectivity index (χ3v) is 3.35. The Morgan fingerprint density at radius 1 is 1.43 bits per heavy atom. The Hall–Kier alpha value is -1.76. The number of methoxy groups -OCH3 is 1. The van der Waals surface area contributed by atoms with Crippen LogP contribution in [0.1, 0.15) is 25.8 Å². The Labute approximate surface area is 121 Å². The Morgan fingerprint density at radius 2 is 2.05 bits per heavy atom. The molecule has 0 saturated heterocycles. The van der Waals surface area contributed by atoms with Gasteiger partial charge in [0.1, 0.15) is 5.75 Å². The van der Waals surface area contributed by atoms with E-state index in [-0.39, 0.29) is 17.4 Å². The van der Waals surface area contributed by atoms with Crippen molar-refractivity contribution in [1.29, 1.82) is 0 Å². The summed E-state index contributed by atoms with van der Waals surface area (Å²) in [5.74, 6) is -0.704. The van der Waals surface area contributed by atoms with Gasteiger partial charge in [0.15, 0.2) is 0 Å². The predicted octanol–water partition coefficient (Wildman–Crippen LogP) is 3.03. The van der Waals surface area contributed by atoms with E-state index >= 15 is 0 Å². The Kier molecular flexibility index (Phi) is 5.60. The van der Waals surface area contributed by atoms with Gasteiger partial charge < -0.3 is 15.8 Å². The van der Waals surface area contributed by atoms with Crippen LogP contribution < -0.4 is 15.8 Å². The number of amides is 1. The number of ether oxygens (including phenoxy) is 1. The first-order valence-electron chi connectivity index (χ1n) is 6.52. The van der Waals surface area contributed by atoms with E-state index in [9.17, 15) is 18.0 Å². The average Bonchev–Trinajstić information content (AvgIpc) is 2.44. The van der Waals surface area contributed by atoms with Crippen LogP contribution in [0, 0.1) is 5.92 Å². The quantitative estimate of drug-likeness (QED) is 0.879. The highest BCUT2D eigenvalue weighted by atomic mass is 19.4. The smallest absolute Gasteiger partial charge is 0.418 e. The number of nitrogens with one attached hydrogen (secondary N) is 1. The molecule has 0 aliphatic carbocycles. The van der Waals surface area contributed by atoms with Crippen molar-refractivity contribution in [3.63, 3.8) is 0 Å². The topological polar surface area (TPSA) is 64.4 Å². The van der Waals surface area contributed by atoms with Gasteiger partial charge in [0.05, 0.1) is 24.4 Å². The summed E-state index contributed by atoms with van der Waals surface area (Å²) in [6.07, 6.45) is -3.94. The lowest BCUT2D eigenvalue weighted by Gasteiger charge is -2.20. The number of benzene rings is 1. The van der Waals surface area contributed by atoms with Crippen LogP contribution in [0.4, 0.5) is 18.9 Å². The first-order valence-corrected chi connectivity index (χ1v) is 6.52. The molecule has 1 aromatic rings. The predicted molar refractivity (Wildman–Crippen MR) is 74.1 cm³/mol. The van der Waals surface area contributed by atoms with Gasteiger partial charge in [-0.3, -0.25) is 4.79 Å². The zero-order valence-corrected chi connectivity index (χ0v) is 12.1. The molecular formula is C14H19F3N2O2. The van der Waals surface area contributed by atoms with E-state index in [1.54, 1.807) is 6.92 Å². The van der Waals surface area contributed by atoms with Gasteiger partial charge in [-0.05, 0) is 24.1 Å². The molecule has 0 spiro atoms. The fourth-order valence-corrected chi connectivity index (χ4v) is 1.72. The van der Waals surface area contributed by atoms with Gasteiger partial charge in [-0.15, -0.1) is 0 Å². The maximum atomic E-state index is 13.0. The van der Waals surface area contributed by atoms with Gasteiger partial charge >= 0.3 is 6.18 Å². The van der Waals surface area contributed by atoms with Crippen LogP contribution in [0.15, 0.2) is 18.2 Å². The molecule has 0 heterocycles. The first-order chi connectivity index (χ1) is 9.70. The highest BCUT2D eigenvalue weighted by molar-refractivity contribution is 5.95. The summed E-state index contributed by atoms with van der Waals surface area (Å²) in [5.41, 5.74) is 4.42. The monoisotopic (exact) mass is 304 g/mol. The first kappa shape index (κ1) is 17.3. The highest BCUT2D eigenvalue weighted by Gasteiger charge is 2.35. The second kappa shape index (κ2) is 6.80. The minimum Gasteiger partial charge on any atom is -0.497 e. The number of anilines is 1. The molecule has 1 rings (SSSR count). The molecule has 0 bridgehead atoms. The van der Waals surface area contributed by atoms with Crippen LogP contribution in [0.2, 0.25) is 0 Å². The summed E-state index contributed by atoms with van der Waals surface area (Å²) in [6, 6.07) is 2.48. The van der Waals surface area contributed by atoms with Gasteiger partial charge in [-0.1, -0.05) is 20.3 Å². The van der Waals surface area contributed by atoms with Gasteiger partial charge in [-0.25, -0.2) is 0 Å². The molecule has 2 atom stereocenters. The van der Waals surface area contributed by atoms with Gasteiger partial charge in [0.25, 0.3) is 0 Å². The normalized spacial score (nSPS) is 14.4. The third-order valence-electron chi connectivity index (χ3n) is 3.35. The van der Waals surface area contributed by atoms with Crippen LogP contribution in [0.3, 0.4) is 0 Å². The summed E-state index contributed by atoms with van der Waals surface area (Å²) in [7, 11) is 1.27. The van der Waals surface area contributed by atoms with Crippen LogP contribution in [0.5, 0.6) is 5.75 Å². The number of carbonyl (C=O) groups is 1. The van der Waals surface area contributed by atoms with E-state index in [0.29, 0.717) is 6.42 Å². The average molecular weight is 304 g/mol. The summed E-state index contributed by atoms with van der Waals surface area (Å²) in [4.78, 5) is 11.9. The molecule has 0 saturated carbocycles. The summed E-state index contributed by atoms with van der Waals surface area (Å²) in [6.45, 7) is 3.62. The summed E-state index contributed by atoms with van der Waals surface area (Å²) in [5, 5.41) is 2.24. The maximum absolute atomic E-state index is 13.0. The van der Waals surface area contributed by atoms with Crippen LogP contribution in [-0.2, 0) is 11.0 Å². The molecule has 21 heavy (non-hydrogen) atoms. The standard InChI is InChI=1S/C14H19F3N2O2/c1-4-8(2)12(18)13(20)19-11-6-5-9(21-3)7-10(11)14(15,16)17/h5-8,12H,4,18H2,1-3H3,(H,19,20)/t8-,12-/m0/s1. The molecule has 0 radical (unpaired) electrons. The Morgan fingerprint density at radius 3 is 2.52 bits per heavy atom. The van der Waals surface area contributed by atoms with E-state index in [2.05, 4.69) is 5.32 Å². The minimum absolute atomic E-state index is 0.0616. The molecule has 0 fully saturated rings. The second-order valence-electron chi connectivity index (χ2n) is 4.81. The number of nitrogens with two attached hydrogens (primary N) is 1. The van der Waals surface area contributed by atoms with Crippen molar-refractivity contribution >= 4 is 11.6 Å². The Bertz CT molecular complexity index is 503. The molecule has 0 unspecified atom stereocenters. The van der Waals surface area contributed by atoms with Crippen molar-refractivity contribution in [2.75, 3.05) is 12.4 Å². The zero-order valence-electron chi connectivity index (χ0n) is 12.1. The molecule has 4 nitrogen and oxygen atoms in total. The number of hydrogen-bond donors (Lipinski definition) is 2. The second-order valence-corrected chi connectivity index (χ2v) is 4.81. The lowest BCUT2D eigenvalue weighted by Crippen LogP contribution is -2.41. The Balaban J connectivity index is 3.05. The SMILES string of the molecule is CC[C@H](C)[C@H](N)C(=O)Nc1ccc(OC)cc1C(F)(F)F. The molecule has 0 aromatic heterocycles. The van der Waals surface area contributed by atoms with E-state index in [1.807, 2.05) is 6.92 Å². The molecule has 0 aliphatic heterocycles. The van der Waals surface area contributed by atoms with Gasteiger partial charge in [-0.2, -0.15) is 13.2 Å². The largest absolute Gasteiger partial charge is 0.497 e. The van der Waals surface area contributed by atoms with E-state index in [4.69, 9.17) is 10.5 Å². The van der Waals surface area contributed by atoms with Crippen molar-refractivity contribution in [3.8, 4) is 5.75 Å². The fraction of sp³-hybridized carbons (Fsp3) is 0.500. The van der Waals surface area contributed by atoms with E-state index in [0.717, 1.165) is 12.1 Å². The summed E-state index contributed by atoms with van der Waals surface area (Å²) >= 11 is 0. The van der Waals surface area contributed by atoms with Crippen LogP contribution >= 0.6 is 0 Å². The number of hydrogen-bond acceptors (Lipinski definition) is 3.